The highest BCUT2D eigenvalue weighted by Gasteiger charge is 2.09. The van der Waals surface area contributed by atoms with Crippen molar-refractivity contribution in [2.24, 2.45) is 0 Å². The normalized spacial score (nSPS) is 10.4. The van der Waals surface area contributed by atoms with Crippen molar-refractivity contribution in [3.63, 3.8) is 0 Å². The SMILES string of the molecule is CCc1cccc(C)c1NC(=O)CSc1ccc(Br)cc1. The Labute approximate surface area is 138 Å². The summed E-state index contributed by atoms with van der Waals surface area (Å²) in [5, 5.41) is 3.04. The van der Waals surface area contributed by atoms with Gasteiger partial charge in [0.25, 0.3) is 0 Å². The van der Waals surface area contributed by atoms with Crippen molar-refractivity contribution in [2.75, 3.05) is 11.1 Å². The van der Waals surface area contributed by atoms with Gasteiger partial charge in [-0.1, -0.05) is 41.1 Å². The molecule has 4 heteroatoms. The van der Waals surface area contributed by atoms with Crippen molar-refractivity contribution in [3.05, 3.63) is 58.1 Å². The second-order valence-corrected chi connectivity index (χ2v) is 6.72. The molecule has 2 nitrogen and oxygen atoms in total. The van der Waals surface area contributed by atoms with Crippen LogP contribution in [0, 0.1) is 6.92 Å². The Morgan fingerprint density at radius 2 is 1.90 bits per heavy atom. The molecule has 0 bridgehead atoms. The predicted molar refractivity (Wildman–Crippen MR) is 94.1 cm³/mol. The molecule has 2 aromatic carbocycles. The molecule has 0 spiro atoms. The maximum absolute atomic E-state index is 12.1. The van der Waals surface area contributed by atoms with Crippen molar-refractivity contribution in [1.29, 1.82) is 0 Å². The van der Waals surface area contributed by atoms with Gasteiger partial charge in [-0.2, -0.15) is 0 Å². The van der Waals surface area contributed by atoms with E-state index < -0.39 is 0 Å². The number of halogens is 1. The molecule has 0 aliphatic heterocycles. The minimum Gasteiger partial charge on any atom is -0.325 e. The Kier molecular flexibility index (Phi) is 5.88. The van der Waals surface area contributed by atoms with E-state index in [-0.39, 0.29) is 5.91 Å². The van der Waals surface area contributed by atoms with Crippen LogP contribution in [-0.4, -0.2) is 11.7 Å². The molecule has 0 aliphatic rings. The largest absolute Gasteiger partial charge is 0.325 e. The summed E-state index contributed by atoms with van der Waals surface area (Å²) >= 11 is 4.95. The molecule has 2 aromatic rings. The zero-order chi connectivity index (χ0) is 15.2. The van der Waals surface area contributed by atoms with Crippen molar-refractivity contribution in [2.45, 2.75) is 25.2 Å². The summed E-state index contributed by atoms with van der Waals surface area (Å²) in [5.41, 5.74) is 3.25. The molecule has 0 unspecified atom stereocenters. The second kappa shape index (κ2) is 7.66. The third-order valence-corrected chi connectivity index (χ3v) is 4.73. The van der Waals surface area contributed by atoms with Crippen LogP contribution in [0.1, 0.15) is 18.1 Å². The third kappa shape index (κ3) is 4.61. The highest BCUT2D eigenvalue weighted by molar-refractivity contribution is 9.10. The van der Waals surface area contributed by atoms with Crippen LogP contribution >= 0.6 is 27.7 Å². The first-order chi connectivity index (χ1) is 10.1. The van der Waals surface area contributed by atoms with E-state index in [1.807, 2.05) is 43.3 Å². The Morgan fingerprint density at radius 1 is 1.19 bits per heavy atom. The van der Waals surface area contributed by atoms with E-state index >= 15 is 0 Å². The number of hydrogen-bond acceptors (Lipinski definition) is 2. The quantitative estimate of drug-likeness (QED) is 0.752. The number of nitrogens with one attached hydrogen (secondary N) is 1. The Morgan fingerprint density at radius 3 is 2.57 bits per heavy atom. The highest BCUT2D eigenvalue weighted by atomic mass is 79.9. The second-order valence-electron chi connectivity index (χ2n) is 4.75. The summed E-state index contributed by atoms with van der Waals surface area (Å²) in [6, 6.07) is 14.1. The minimum absolute atomic E-state index is 0.0342. The van der Waals surface area contributed by atoms with Gasteiger partial charge in [-0.15, -0.1) is 11.8 Å². The molecule has 1 amide bonds. The first kappa shape index (κ1) is 16.1. The lowest BCUT2D eigenvalue weighted by Crippen LogP contribution is -2.16. The summed E-state index contributed by atoms with van der Waals surface area (Å²) in [6.07, 6.45) is 0.914. The van der Waals surface area contributed by atoms with Gasteiger partial charge in [0.2, 0.25) is 5.91 Å². The average molecular weight is 364 g/mol. The molecule has 0 heterocycles. The topological polar surface area (TPSA) is 29.1 Å². The predicted octanol–water partition coefficient (Wildman–Crippen LogP) is 5.05. The van der Waals surface area contributed by atoms with Gasteiger partial charge in [0.05, 0.1) is 5.75 Å². The van der Waals surface area contributed by atoms with E-state index in [0.717, 1.165) is 27.0 Å². The summed E-state index contributed by atoms with van der Waals surface area (Å²) in [4.78, 5) is 13.2. The van der Waals surface area contributed by atoms with E-state index in [0.29, 0.717) is 5.75 Å². The maximum atomic E-state index is 12.1. The fourth-order valence-electron chi connectivity index (χ4n) is 2.06. The summed E-state index contributed by atoms with van der Waals surface area (Å²) in [7, 11) is 0. The number of amides is 1. The standard InChI is InChI=1S/C17H18BrNOS/c1-3-13-6-4-5-12(2)17(13)19-16(20)11-21-15-9-7-14(18)8-10-15/h4-10H,3,11H2,1-2H3,(H,19,20). The minimum atomic E-state index is 0.0342. The van der Waals surface area contributed by atoms with Gasteiger partial charge in [0, 0.05) is 15.1 Å². The smallest absolute Gasteiger partial charge is 0.234 e. The van der Waals surface area contributed by atoms with Crippen LogP contribution in [0.3, 0.4) is 0 Å². The van der Waals surface area contributed by atoms with Crippen molar-refractivity contribution >= 4 is 39.3 Å². The molecular formula is C17H18BrNOS. The molecule has 0 atom stereocenters. The summed E-state index contributed by atoms with van der Waals surface area (Å²) in [6.45, 7) is 4.12. The number of rotatable bonds is 5. The Balaban J connectivity index is 1.97. The summed E-state index contributed by atoms with van der Waals surface area (Å²) < 4.78 is 1.05. The van der Waals surface area contributed by atoms with Gasteiger partial charge in [-0.05, 0) is 48.7 Å². The van der Waals surface area contributed by atoms with E-state index in [2.05, 4.69) is 34.2 Å². The fraction of sp³-hybridized carbons (Fsp3) is 0.235. The van der Waals surface area contributed by atoms with Crippen LogP contribution in [-0.2, 0) is 11.2 Å². The van der Waals surface area contributed by atoms with Crippen LogP contribution in [0.2, 0.25) is 0 Å². The summed E-state index contributed by atoms with van der Waals surface area (Å²) in [5.74, 6) is 0.450. The van der Waals surface area contributed by atoms with Gasteiger partial charge in [0.1, 0.15) is 0 Å². The lowest BCUT2D eigenvalue weighted by atomic mass is 10.1. The number of para-hydroxylation sites is 1. The fourth-order valence-corrected chi connectivity index (χ4v) is 3.02. The molecule has 1 N–H and O–H groups in total. The molecule has 0 aromatic heterocycles. The van der Waals surface area contributed by atoms with Crippen LogP contribution in [0.25, 0.3) is 0 Å². The van der Waals surface area contributed by atoms with E-state index in [1.54, 1.807) is 11.8 Å². The van der Waals surface area contributed by atoms with Crippen LogP contribution in [0.4, 0.5) is 5.69 Å². The van der Waals surface area contributed by atoms with E-state index in [9.17, 15) is 4.79 Å². The van der Waals surface area contributed by atoms with Gasteiger partial charge in [0.15, 0.2) is 0 Å². The number of carbonyl (C=O) groups excluding carboxylic acids is 1. The zero-order valence-corrected chi connectivity index (χ0v) is 14.6. The third-order valence-electron chi connectivity index (χ3n) is 3.19. The van der Waals surface area contributed by atoms with Crippen molar-refractivity contribution < 1.29 is 4.79 Å². The number of anilines is 1. The van der Waals surface area contributed by atoms with Crippen LogP contribution in [0.5, 0.6) is 0 Å². The molecule has 2 rings (SSSR count). The van der Waals surface area contributed by atoms with Gasteiger partial charge >= 0.3 is 0 Å². The van der Waals surface area contributed by atoms with Gasteiger partial charge < -0.3 is 5.32 Å². The van der Waals surface area contributed by atoms with E-state index in [1.165, 1.54) is 5.56 Å². The highest BCUT2D eigenvalue weighted by Crippen LogP contribution is 2.23. The Bertz CT molecular complexity index is 625. The first-order valence-corrected chi connectivity index (χ1v) is 8.64. The number of thioether (sulfide) groups is 1. The number of carbonyl (C=O) groups is 1. The van der Waals surface area contributed by atoms with E-state index in [4.69, 9.17) is 0 Å². The monoisotopic (exact) mass is 363 g/mol. The first-order valence-electron chi connectivity index (χ1n) is 6.87. The molecule has 0 radical (unpaired) electrons. The number of aryl methyl sites for hydroxylation is 2. The maximum Gasteiger partial charge on any atom is 0.234 e. The number of benzene rings is 2. The number of hydrogen-bond donors (Lipinski definition) is 1. The van der Waals surface area contributed by atoms with Gasteiger partial charge in [-0.3, -0.25) is 4.79 Å². The zero-order valence-electron chi connectivity index (χ0n) is 12.2. The average Bonchev–Trinajstić information content (AvgIpc) is 2.49. The molecule has 0 fully saturated rings. The molecule has 21 heavy (non-hydrogen) atoms. The van der Waals surface area contributed by atoms with Gasteiger partial charge in [-0.25, -0.2) is 0 Å². The molecule has 0 aliphatic carbocycles. The lowest BCUT2D eigenvalue weighted by molar-refractivity contribution is -0.113. The molecule has 0 saturated heterocycles. The molecular weight excluding hydrogens is 346 g/mol. The van der Waals surface area contributed by atoms with Crippen molar-refractivity contribution in [3.8, 4) is 0 Å². The van der Waals surface area contributed by atoms with Crippen LogP contribution in [0.15, 0.2) is 51.8 Å². The molecule has 110 valence electrons. The van der Waals surface area contributed by atoms with Crippen LogP contribution < -0.4 is 5.32 Å². The van der Waals surface area contributed by atoms with Crippen molar-refractivity contribution in [1.82, 2.24) is 0 Å². The Hall–Kier alpha value is -1.26. The lowest BCUT2D eigenvalue weighted by Gasteiger charge is -2.12. The molecule has 0 saturated carbocycles.